The highest BCUT2D eigenvalue weighted by atomic mass is 79.9. The minimum atomic E-state index is -0.0358. The van der Waals surface area contributed by atoms with E-state index in [0.717, 1.165) is 15.8 Å². The lowest BCUT2D eigenvalue weighted by Crippen LogP contribution is -2.14. The molecule has 5 nitrogen and oxygen atoms in total. The first kappa shape index (κ1) is 13.4. The molecule has 2 rings (SSSR count). The highest BCUT2D eigenvalue weighted by molar-refractivity contribution is 9.10. The maximum Gasteiger partial charge on any atom is 0.188 e. The van der Waals surface area contributed by atoms with E-state index in [2.05, 4.69) is 26.1 Å². The summed E-state index contributed by atoms with van der Waals surface area (Å²) in [6.07, 6.45) is 1.52. The third-order valence-electron chi connectivity index (χ3n) is 2.47. The maximum atomic E-state index is 8.54. The summed E-state index contributed by atoms with van der Waals surface area (Å²) in [7, 11) is 0. The molecule has 0 fully saturated rings. The molecule has 1 aromatic heterocycles. The molecule has 0 bridgehead atoms. The average Bonchev–Trinajstić information content (AvgIpc) is 2.42. The van der Waals surface area contributed by atoms with Crippen molar-refractivity contribution >= 4 is 21.8 Å². The summed E-state index contributed by atoms with van der Waals surface area (Å²) in [4.78, 5) is 4.04. The van der Waals surface area contributed by atoms with Gasteiger partial charge in [-0.1, -0.05) is 21.1 Å². The fraction of sp³-hybridized carbons (Fsp3) is 0.0769. The first-order valence-electron chi connectivity index (χ1n) is 5.48. The van der Waals surface area contributed by atoms with E-state index >= 15 is 0 Å². The van der Waals surface area contributed by atoms with Gasteiger partial charge in [0.1, 0.15) is 17.2 Å². The molecule has 1 heterocycles. The van der Waals surface area contributed by atoms with Gasteiger partial charge in [-0.05, 0) is 42.8 Å². The number of halogens is 1. The van der Waals surface area contributed by atoms with E-state index in [0.29, 0.717) is 11.4 Å². The van der Waals surface area contributed by atoms with Crippen LogP contribution in [0.1, 0.15) is 11.3 Å². The molecular formula is C13H12BrN3O2. The van der Waals surface area contributed by atoms with Crippen molar-refractivity contribution in [2.75, 3.05) is 0 Å². The third kappa shape index (κ3) is 3.23. The molecule has 0 atom stereocenters. The Morgan fingerprint density at radius 2 is 2.16 bits per heavy atom. The van der Waals surface area contributed by atoms with Crippen molar-refractivity contribution in [3.05, 3.63) is 52.3 Å². The van der Waals surface area contributed by atoms with Crippen molar-refractivity contribution in [2.24, 2.45) is 10.9 Å². The standard InChI is InChI=1S/C13H12BrN3O2/c1-8-6-9(14)2-5-12(8)19-10-3-4-11(16-7-10)13(15)17-18/h2-7,18H,1H3,(H2,15,17). The number of pyridine rings is 1. The van der Waals surface area contributed by atoms with Crippen molar-refractivity contribution < 1.29 is 9.94 Å². The predicted molar refractivity (Wildman–Crippen MR) is 75.7 cm³/mol. The number of ether oxygens (including phenoxy) is 1. The topological polar surface area (TPSA) is 80.7 Å². The first-order chi connectivity index (χ1) is 9.10. The number of oxime groups is 1. The van der Waals surface area contributed by atoms with E-state index in [1.165, 1.54) is 6.20 Å². The normalized spacial score (nSPS) is 11.4. The molecule has 0 saturated carbocycles. The van der Waals surface area contributed by atoms with Crippen molar-refractivity contribution in [1.82, 2.24) is 4.98 Å². The van der Waals surface area contributed by atoms with Gasteiger partial charge < -0.3 is 15.7 Å². The molecule has 0 radical (unpaired) electrons. The number of aryl methyl sites for hydroxylation is 1. The Morgan fingerprint density at radius 1 is 1.37 bits per heavy atom. The fourth-order valence-corrected chi connectivity index (χ4v) is 1.97. The summed E-state index contributed by atoms with van der Waals surface area (Å²) in [5.74, 6) is 1.30. The Kier molecular flexibility index (Phi) is 4.01. The van der Waals surface area contributed by atoms with Crippen LogP contribution >= 0.6 is 15.9 Å². The number of hydrogen-bond donors (Lipinski definition) is 2. The summed E-state index contributed by atoms with van der Waals surface area (Å²) >= 11 is 3.40. The summed E-state index contributed by atoms with van der Waals surface area (Å²) in [6.45, 7) is 1.96. The van der Waals surface area contributed by atoms with E-state index in [1.807, 2.05) is 25.1 Å². The summed E-state index contributed by atoms with van der Waals surface area (Å²) in [5.41, 5.74) is 6.83. The lowest BCUT2D eigenvalue weighted by Gasteiger charge is -2.09. The fourth-order valence-electron chi connectivity index (χ4n) is 1.50. The van der Waals surface area contributed by atoms with Crippen LogP contribution < -0.4 is 10.5 Å². The maximum absolute atomic E-state index is 8.54. The lowest BCUT2D eigenvalue weighted by atomic mass is 10.2. The molecule has 2 aromatic rings. The van der Waals surface area contributed by atoms with Crippen LogP contribution in [-0.4, -0.2) is 16.0 Å². The Balaban J connectivity index is 2.20. The largest absolute Gasteiger partial charge is 0.455 e. The number of nitrogens with zero attached hydrogens (tertiary/aromatic N) is 2. The molecule has 0 aliphatic rings. The van der Waals surface area contributed by atoms with Gasteiger partial charge in [0.15, 0.2) is 5.84 Å². The van der Waals surface area contributed by atoms with Crippen LogP contribution in [0, 0.1) is 6.92 Å². The van der Waals surface area contributed by atoms with Crippen molar-refractivity contribution in [2.45, 2.75) is 6.92 Å². The summed E-state index contributed by atoms with van der Waals surface area (Å²) in [6, 6.07) is 9.07. The van der Waals surface area contributed by atoms with Crippen LogP contribution in [0.4, 0.5) is 0 Å². The molecule has 0 unspecified atom stereocenters. The number of aromatic nitrogens is 1. The van der Waals surface area contributed by atoms with Crippen LogP contribution in [0.5, 0.6) is 11.5 Å². The van der Waals surface area contributed by atoms with E-state index in [-0.39, 0.29) is 5.84 Å². The van der Waals surface area contributed by atoms with Gasteiger partial charge in [-0.25, -0.2) is 4.98 Å². The Labute approximate surface area is 118 Å². The number of rotatable bonds is 3. The number of nitrogens with two attached hydrogens (primary N) is 1. The average molecular weight is 322 g/mol. The van der Waals surface area contributed by atoms with Crippen molar-refractivity contribution in [3.63, 3.8) is 0 Å². The smallest absolute Gasteiger partial charge is 0.188 e. The zero-order valence-corrected chi connectivity index (χ0v) is 11.8. The highest BCUT2D eigenvalue weighted by Crippen LogP contribution is 2.26. The van der Waals surface area contributed by atoms with E-state index in [1.54, 1.807) is 12.1 Å². The molecule has 0 spiro atoms. The van der Waals surface area contributed by atoms with Gasteiger partial charge in [0.2, 0.25) is 0 Å². The van der Waals surface area contributed by atoms with Gasteiger partial charge in [-0.2, -0.15) is 0 Å². The minimum absolute atomic E-state index is 0.0358. The zero-order chi connectivity index (χ0) is 13.8. The van der Waals surface area contributed by atoms with Crippen LogP contribution in [0.15, 0.2) is 46.2 Å². The molecule has 0 saturated heterocycles. The molecular weight excluding hydrogens is 310 g/mol. The molecule has 0 amide bonds. The first-order valence-corrected chi connectivity index (χ1v) is 6.27. The van der Waals surface area contributed by atoms with E-state index in [4.69, 9.17) is 15.7 Å². The van der Waals surface area contributed by atoms with E-state index in [9.17, 15) is 0 Å². The monoisotopic (exact) mass is 321 g/mol. The van der Waals surface area contributed by atoms with Gasteiger partial charge in [-0.3, -0.25) is 0 Å². The van der Waals surface area contributed by atoms with Gasteiger partial charge in [0.25, 0.3) is 0 Å². The van der Waals surface area contributed by atoms with Crippen LogP contribution in [-0.2, 0) is 0 Å². The van der Waals surface area contributed by atoms with Gasteiger partial charge in [0, 0.05) is 4.47 Å². The molecule has 0 aliphatic carbocycles. The Hall–Kier alpha value is -2.08. The molecule has 0 aliphatic heterocycles. The van der Waals surface area contributed by atoms with Crippen molar-refractivity contribution in [3.8, 4) is 11.5 Å². The Morgan fingerprint density at radius 3 is 2.74 bits per heavy atom. The summed E-state index contributed by atoms with van der Waals surface area (Å²) < 4.78 is 6.70. The van der Waals surface area contributed by atoms with Crippen molar-refractivity contribution in [1.29, 1.82) is 0 Å². The van der Waals surface area contributed by atoms with Gasteiger partial charge in [0.05, 0.1) is 6.20 Å². The second-order valence-corrected chi connectivity index (χ2v) is 4.79. The number of amidine groups is 1. The molecule has 19 heavy (non-hydrogen) atoms. The molecule has 1 aromatic carbocycles. The molecule has 98 valence electrons. The Bertz CT molecular complexity index is 612. The molecule has 6 heteroatoms. The predicted octanol–water partition coefficient (Wildman–Crippen LogP) is 3.04. The highest BCUT2D eigenvalue weighted by Gasteiger charge is 2.04. The number of benzene rings is 1. The molecule has 3 N–H and O–H groups in total. The minimum Gasteiger partial charge on any atom is -0.455 e. The number of hydrogen-bond acceptors (Lipinski definition) is 4. The van der Waals surface area contributed by atoms with Gasteiger partial charge >= 0.3 is 0 Å². The lowest BCUT2D eigenvalue weighted by molar-refractivity contribution is 0.318. The quantitative estimate of drug-likeness (QED) is 0.394. The van der Waals surface area contributed by atoms with Crippen LogP contribution in [0.3, 0.4) is 0 Å². The third-order valence-corrected chi connectivity index (χ3v) is 2.96. The zero-order valence-electron chi connectivity index (χ0n) is 10.2. The van der Waals surface area contributed by atoms with Crippen LogP contribution in [0.2, 0.25) is 0 Å². The second kappa shape index (κ2) is 5.71. The van der Waals surface area contributed by atoms with Gasteiger partial charge in [-0.15, -0.1) is 0 Å². The van der Waals surface area contributed by atoms with E-state index < -0.39 is 0 Å². The SMILES string of the molecule is Cc1cc(Br)ccc1Oc1ccc(/C(N)=N/O)nc1. The summed E-state index contributed by atoms with van der Waals surface area (Å²) in [5, 5.41) is 11.4. The second-order valence-electron chi connectivity index (χ2n) is 3.88. The van der Waals surface area contributed by atoms with Crippen LogP contribution in [0.25, 0.3) is 0 Å².